The fraction of sp³-hybridized carbons (Fsp3) is 0.318. The summed E-state index contributed by atoms with van der Waals surface area (Å²) in [6, 6.07) is 6.80. The number of primary amides is 1. The summed E-state index contributed by atoms with van der Waals surface area (Å²) < 4.78 is 15.9. The predicted octanol–water partition coefficient (Wildman–Crippen LogP) is 3.90. The van der Waals surface area contributed by atoms with Gasteiger partial charge in [-0.2, -0.15) is 0 Å². The Bertz CT molecular complexity index is 1150. The minimum Gasteiger partial charge on any atom is -0.493 e. The summed E-state index contributed by atoms with van der Waals surface area (Å²) in [5.74, 6) is 1.05. The average molecular weight is 442 g/mol. The maximum atomic E-state index is 12.8. The van der Waals surface area contributed by atoms with Crippen LogP contribution in [0, 0.1) is 5.92 Å². The Hall–Kier alpha value is -3.33. The van der Waals surface area contributed by atoms with Gasteiger partial charge in [0.25, 0.3) is 11.8 Å². The third kappa shape index (κ3) is 4.00. The van der Waals surface area contributed by atoms with Gasteiger partial charge >= 0.3 is 0 Å². The van der Waals surface area contributed by atoms with Crippen LogP contribution in [0.5, 0.6) is 11.5 Å². The van der Waals surface area contributed by atoms with Crippen LogP contribution < -0.4 is 20.5 Å². The van der Waals surface area contributed by atoms with Crippen LogP contribution in [0.15, 0.2) is 28.8 Å². The molecule has 1 aliphatic carbocycles. The van der Waals surface area contributed by atoms with Crippen LogP contribution in [-0.4, -0.2) is 31.2 Å². The molecule has 0 spiro atoms. The van der Waals surface area contributed by atoms with Gasteiger partial charge in [-0.15, -0.1) is 11.3 Å². The van der Waals surface area contributed by atoms with Gasteiger partial charge in [0, 0.05) is 16.5 Å². The van der Waals surface area contributed by atoms with Crippen LogP contribution in [-0.2, 0) is 12.8 Å². The van der Waals surface area contributed by atoms with Crippen molar-refractivity contribution in [1.29, 1.82) is 0 Å². The monoisotopic (exact) mass is 441 g/mol. The van der Waals surface area contributed by atoms with E-state index in [4.69, 9.17) is 19.7 Å². The number of ether oxygens (including phenoxy) is 2. The third-order valence-corrected chi connectivity index (χ3v) is 6.57. The highest BCUT2D eigenvalue weighted by molar-refractivity contribution is 7.17. The van der Waals surface area contributed by atoms with Crippen molar-refractivity contribution < 1.29 is 23.6 Å². The van der Waals surface area contributed by atoms with E-state index >= 15 is 0 Å². The fourth-order valence-electron chi connectivity index (χ4n) is 3.77. The molecule has 0 bridgehead atoms. The van der Waals surface area contributed by atoms with Gasteiger partial charge in [0.2, 0.25) is 0 Å². The normalized spacial score (nSPS) is 15.3. The first-order valence-corrected chi connectivity index (χ1v) is 10.7. The second kappa shape index (κ2) is 8.43. The number of fused-ring (bicyclic) bond motifs is 1. The number of amides is 2. The van der Waals surface area contributed by atoms with Gasteiger partial charge in [-0.25, -0.2) is 0 Å². The molecule has 3 N–H and O–H groups in total. The van der Waals surface area contributed by atoms with Crippen LogP contribution in [0.4, 0.5) is 5.00 Å². The average Bonchev–Trinajstić information content (AvgIpc) is 3.37. The van der Waals surface area contributed by atoms with Gasteiger partial charge in [0.05, 0.1) is 19.8 Å². The van der Waals surface area contributed by atoms with Crippen molar-refractivity contribution in [3.05, 3.63) is 46.0 Å². The molecule has 0 fully saturated rings. The maximum Gasteiger partial charge on any atom is 0.278 e. The zero-order valence-electron chi connectivity index (χ0n) is 17.5. The Balaban J connectivity index is 1.59. The molecule has 0 unspecified atom stereocenters. The van der Waals surface area contributed by atoms with E-state index in [-0.39, 0.29) is 5.69 Å². The lowest BCUT2D eigenvalue weighted by Gasteiger charge is -2.18. The Morgan fingerprint density at radius 1 is 1.23 bits per heavy atom. The van der Waals surface area contributed by atoms with Crippen LogP contribution in [0.1, 0.15) is 44.6 Å². The van der Waals surface area contributed by atoms with Crippen molar-refractivity contribution in [1.82, 2.24) is 5.16 Å². The standard InChI is InChI=1S/C22H23N3O5S/c1-11-4-6-13-18(8-11)31-22(19(13)20(23)26)24-21(27)14-10-16(30-25-14)12-5-7-15(28-2)17(9-12)29-3/h5,7,9-11H,4,6,8H2,1-3H3,(H2,23,26)(H,24,27)/t11-/m1/s1. The van der Waals surface area contributed by atoms with Crippen LogP contribution >= 0.6 is 11.3 Å². The summed E-state index contributed by atoms with van der Waals surface area (Å²) >= 11 is 1.41. The van der Waals surface area contributed by atoms with E-state index in [0.717, 1.165) is 29.7 Å². The number of methoxy groups -OCH3 is 2. The molecular weight excluding hydrogens is 418 g/mol. The smallest absolute Gasteiger partial charge is 0.278 e. The van der Waals surface area contributed by atoms with Crippen LogP contribution in [0.25, 0.3) is 11.3 Å². The molecule has 8 nitrogen and oxygen atoms in total. The predicted molar refractivity (Wildman–Crippen MR) is 117 cm³/mol. The number of nitrogens with two attached hydrogens (primary N) is 1. The summed E-state index contributed by atoms with van der Waals surface area (Å²) in [5, 5.41) is 7.15. The van der Waals surface area contributed by atoms with E-state index in [1.807, 2.05) is 0 Å². The molecule has 9 heteroatoms. The second-order valence-corrected chi connectivity index (χ2v) is 8.63. The Kier molecular flexibility index (Phi) is 5.69. The fourth-order valence-corrected chi connectivity index (χ4v) is 5.19. The highest BCUT2D eigenvalue weighted by atomic mass is 32.1. The maximum absolute atomic E-state index is 12.8. The summed E-state index contributed by atoms with van der Waals surface area (Å²) in [6.07, 6.45) is 2.66. The first kappa shape index (κ1) is 20.9. The molecule has 162 valence electrons. The number of benzene rings is 1. The number of nitrogens with zero attached hydrogens (tertiary/aromatic N) is 1. The molecule has 1 aromatic carbocycles. The lowest BCUT2D eigenvalue weighted by molar-refractivity contribution is 0.1000. The molecule has 2 amide bonds. The first-order chi connectivity index (χ1) is 14.9. The van der Waals surface area contributed by atoms with Crippen molar-refractivity contribution in [3.63, 3.8) is 0 Å². The van der Waals surface area contributed by atoms with E-state index in [0.29, 0.717) is 39.3 Å². The van der Waals surface area contributed by atoms with Crippen molar-refractivity contribution in [3.8, 4) is 22.8 Å². The van der Waals surface area contributed by atoms with Gasteiger partial charge in [-0.1, -0.05) is 12.1 Å². The zero-order chi connectivity index (χ0) is 22.1. The number of nitrogens with one attached hydrogen (secondary N) is 1. The van der Waals surface area contributed by atoms with Crippen LogP contribution in [0.2, 0.25) is 0 Å². The largest absolute Gasteiger partial charge is 0.493 e. The molecule has 31 heavy (non-hydrogen) atoms. The quantitative estimate of drug-likeness (QED) is 0.599. The molecule has 1 aliphatic rings. The molecule has 0 radical (unpaired) electrons. The van der Waals surface area contributed by atoms with E-state index in [9.17, 15) is 9.59 Å². The second-order valence-electron chi connectivity index (χ2n) is 7.52. The molecule has 0 aliphatic heterocycles. The van der Waals surface area contributed by atoms with E-state index in [1.165, 1.54) is 17.4 Å². The molecule has 4 rings (SSSR count). The van der Waals surface area contributed by atoms with Gasteiger partial charge in [0.1, 0.15) is 5.00 Å². The van der Waals surface area contributed by atoms with Crippen molar-refractivity contribution in [2.75, 3.05) is 19.5 Å². The topological polar surface area (TPSA) is 117 Å². The molecule has 0 saturated heterocycles. The number of hydrogen-bond donors (Lipinski definition) is 2. The zero-order valence-corrected chi connectivity index (χ0v) is 18.3. The van der Waals surface area contributed by atoms with Crippen molar-refractivity contribution in [2.45, 2.75) is 26.2 Å². The van der Waals surface area contributed by atoms with E-state index in [1.54, 1.807) is 32.4 Å². The van der Waals surface area contributed by atoms with E-state index < -0.39 is 11.8 Å². The molecule has 2 heterocycles. The number of carbonyl (C=O) groups is 2. The van der Waals surface area contributed by atoms with Gasteiger partial charge in [0.15, 0.2) is 23.0 Å². The minimum atomic E-state index is -0.534. The van der Waals surface area contributed by atoms with Crippen LogP contribution in [0.3, 0.4) is 0 Å². The minimum absolute atomic E-state index is 0.0972. The lowest BCUT2D eigenvalue weighted by Crippen LogP contribution is -2.19. The Morgan fingerprint density at radius 3 is 2.71 bits per heavy atom. The van der Waals surface area contributed by atoms with Gasteiger partial charge < -0.3 is 25.0 Å². The summed E-state index contributed by atoms with van der Waals surface area (Å²) in [6.45, 7) is 2.18. The molecular formula is C22H23N3O5S. The number of anilines is 1. The number of aromatic nitrogens is 1. The number of thiophene rings is 1. The summed E-state index contributed by atoms with van der Waals surface area (Å²) in [4.78, 5) is 26.0. The van der Waals surface area contributed by atoms with Crippen molar-refractivity contribution in [2.24, 2.45) is 11.7 Å². The number of rotatable bonds is 6. The molecule has 1 atom stereocenters. The SMILES string of the molecule is COc1ccc(-c2cc(C(=O)Nc3sc4c(c3C(N)=O)CC[C@@H](C)C4)no2)cc1OC. The van der Waals surface area contributed by atoms with Gasteiger partial charge in [-0.3, -0.25) is 9.59 Å². The van der Waals surface area contributed by atoms with Gasteiger partial charge in [-0.05, 0) is 48.9 Å². The highest BCUT2D eigenvalue weighted by Gasteiger charge is 2.28. The third-order valence-electron chi connectivity index (χ3n) is 5.40. The number of hydrogen-bond acceptors (Lipinski definition) is 7. The van der Waals surface area contributed by atoms with Crippen molar-refractivity contribution >= 4 is 28.2 Å². The van der Waals surface area contributed by atoms with E-state index in [2.05, 4.69) is 17.4 Å². The highest BCUT2D eigenvalue weighted by Crippen LogP contribution is 2.39. The summed E-state index contributed by atoms with van der Waals surface area (Å²) in [7, 11) is 3.09. The lowest BCUT2D eigenvalue weighted by atomic mass is 9.88. The molecule has 3 aromatic rings. The molecule has 2 aromatic heterocycles. The Morgan fingerprint density at radius 2 is 2.00 bits per heavy atom. The summed E-state index contributed by atoms with van der Waals surface area (Å²) in [5.41, 5.74) is 7.77. The Labute approximate surface area is 183 Å². The molecule has 0 saturated carbocycles. The first-order valence-electron chi connectivity index (χ1n) is 9.86. The number of carbonyl (C=O) groups excluding carboxylic acids is 2.